The highest BCUT2D eigenvalue weighted by atomic mass is 32.2. The molecule has 2 aliphatic rings. The quantitative estimate of drug-likeness (QED) is 0.190. The van der Waals surface area contributed by atoms with Crippen molar-refractivity contribution in [1.29, 1.82) is 0 Å². The zero-order valence-electron chi connectivity index (χ0n) is 26.2. The van der Waals surface area contributed by atoms with Gasteiger partial charge in [-0.3, -0.25) is 33.6 Å². The molecule has 2 fully saturated rings. The molecule has 254 valence electrons. The van der Waals surface area contributed by atoms with Crippen LogP contribution in [0.4, 0.5) is 0 Å². The molecule has 0 spiro atoms. The number of esters is 5. The van der Waals surface area contributed by atoms with Gasteiger partial charge in [0.15, 0.2) is 12.2 Å². The third kappa shape index (κ3) is 10.8. The van der Waals surface area contributed by atoms with E-state index in [0.717, 1.165) is 51.3 Å². The SMILES string of the molecule is CC(=O)N[C@@H]1[C@@H](OC(C)=O)[C@H](OC(C)=O)[C@@H](COC(C)=O)O[C@H]1S[C@H]1[C@H](OC(C)=O)[C@@H](N(C)C(C)=O)[C@H]([O-])O[C@@H]1COC(C)=O. The van der Waals surface area contributed by atoms with Crippen LogP contribution in [0.25, 0.3) is 0 Å². The molecule has 1 N–H and O–H groups in total. The van der Waals surface area contributed by atoms with Crippen molar-refractivity contribution in [3.63, 3.8) is 0 Å². The van der Waals surface area contributed by atoms with E-state index in [1.807, 2.05) is 0 Å². The number of likely N-dealkylation sites (N-methyl/N-ethyl adjacent to an activating group) is 1. The fraction of sp³-hybridized carbons (Fsp3) is 0.741. The minimum absolute atomic E-state index is 0.474. The molecular weight excluding hydrogens is 624 g/mol. The average Bonchev–Trinajstić information content (AvgIpc) is 2.89. The molecule has 0 aromatic carbocycles. The highest BCUT2D eigenvalue weighted by Crippen LogP contribution is 2.40. The van der Waals surface area contributed by atoms with Crippen LogP contribution in [0.1, 0.15) is 48.5 Å². The number of hydrogen-bond acceptors (Lipinski definition) is 16. The maximum absolute atomic E-state index is 13.2. The molecule has 2 heterocycles. The number of amides is 2. The van der Waals surface area contributed by atoms with Gasteiger partial charge in [-0.05, 0) is 0 Å². The molecule has 45 heavy (non-hydrogen) atoms. The smallest absolute Gasteiger partial charge is 0.303 e. The summed E-state index contributed by atoms with van der Waals surface area (Å²) in [5.41, 5.74) is -1.26. The average molecular weight is 664 g/mol. The Balaban J connectivity index is 2.70. The zero-order valence-corrected chi connectivity index (χ0v) is 27.0. The second-order valence-corrected chi connectivity index (χ2v) is 11.6. The van der Waals surface area contributed by atoms with Gasteiger partial charge in [0, 0.05) is 61.8 Å². The van der Waals surface area contributed by atoms with Crippen LogP contribution in [0.5, 0.6) is 0 Å². The Kier molecular flexibility index (Phi) is 14.0. The normalized spacial score (nSPS) is 31.0. The van der Waals surface area contributed by atoms with Gasteiger partial charge in [-0.1, -0.05) is 0 Å². The monoisotopic (exact) mass is 663 g/mol. The molecule has 0 radical (unpaired) electrons. The van der Waals surface area contributed by atoms with Crippen molar-refractivity contribution in [2.45, 2.75) is 108 Å². The Bertz CT molecular complexity index is 1140. The maximum Gasteiger partial charge on any atom is 0.303 e. The minimum Gasteiger partial charge on any atom is -0.829 e. The molecule has 0 saturated carbocycles. The first-order chi connectivity index (χ1) is 20.9. The summed E-state index contributed by atoms with van der Waals surface area (Å²) in [5.74, 6) is -4.98. The highest BCUT2D eigenvalue weighted by molar-refractivity contribution is 8.00. The van der Waals surface area contributed by atoms with Gasteiger partial charge in [-0.2, -0.15) is 0 Å². The van der Waals surface area contributed by atoms with E-state index in [1.54, 1.807) is 0 Å². The predicted molar refractivity (Wildman–Crippen MR) is 148 cm³/mol. The van der Waals surface area contributed by atoms with Crippen molar-refractivity contribution in [1.82, 2.24) is 10.2 Å². The molecule has 0 aromatic rings. The molecule has 2 aliphatic heterocycles. The number of nitrogens with zero attached hydrogens (tertiary/aromatic N) is 1. The van der Waals surface area contributed by atoms with Crippen molar-refractivity contribution in [2.75, 3.05) is 20.3 Å². The van der Waals surface area contributed by atoms with Crippen LogP contribution in [0.15, 0.2) is 0 Å². The van der Waals surface area contributed by atoms with Crippen molar-refractivity contribution >= 4 is 53.4 Å². The molecule has 2 saturated heterocycles. The largest absolute Gasteiger partial charge is 0.829 e. The van der Waals surface area contributed by atoms with Crippen LogP contribution < -0.4 is 10.4 Å². The van der Waals surface area contributed by atoms with Crippen LogP contribution in [-0.2, 0) is 66.7 Å². The standard InChI is InChI=1S/C27H39N2O15S/c1-11(30)28-20-23(41-16(6)35)22(40-15(5)34)18(9-38-13(3)32)44-27(20)45-25-19(10-39-14(4)33)43-26(37)21(29(8)12(2)31)24(25)42-17(7)36/h18-27H,9-10H2,1-8H3,(H,28,30)/q-1/t18-,19-,20-,21-,22-,23-,24-,25-,26-,27+/m1/s1. The van der Waals surface area contributed by atoms with Crippen LogP contribution >= 0.6 is 11.8 Å². The number of rotatable bonds is 11. The Labute approximate surface area is 263 Å². The second-order valence-electron chi connectivity index (χ2n) is 10.4. The number of ether oxygens (including phenoxy) is 7. The fourth-order valence-electron chi connectivity index (χ4n) is 4.89. The fourth-order valence-corrected chi connectivity index (χ4v) is 6.49. The Morgan fingerprint density at radius 2 is 1.20 bits per heavy atom. The van der Waals surface area contributed by atoms with Gasteiger partial charge in [-0.15, -0.1) is 11.8 Å². The lowest BCUT2D eigenvalue weighted by Gasteiger charge is -2.53. The van der Waals surface area contributed by atoms with Gasteiger partial charge in [-0.25, -0.2) is 0 Å². The molecule has 18 heteroatoms. The van der Waals surface area contributed by atoms with Gasteiger partial charge in [0.25, 0.3) is 0 Å². The number of carbonyl (C=O) groups is 7. The molecule has 0 aromatic heterocycles. The first kappa shape index (κ1) is 37.7. The van der Waals surface area contributed by atoms with E-state index in [4.69, 9.17) is 33.2 Å². The molecule has 10 atom stereocenters. The molecule has 0 bridgehead atoms. The first-order valence-corrected chi connectivity index (χ1v) is 14.8. The van der Waals surface area contributed by atoms with Crippen LogP contribution in [0, 0.1) is 0 Å². The van der Waals surface area contributed by atoms with Crippen LogP contribution in [0.3, 0.4) is 0 Å². The molecule has 2 amide bonds. The van der Waals surface area contributed by atoms with Gasteiger partial charge in [0.1, 0.15) is 43.0 Å². The van der Waals surface area contributed by atoms with Gasteiger partial charge in [0.2, 0.25) is 11.8 Å². The summed E-state index contributed by atoms with van der Waals surface area (Å²) in [4.78, 5) is 85.7. The summed E-state index contributed by atoms with van der Waals surface area (Å²) in [6.45, 7) is 6.96. The Hall–Kier alpha value is -3.48. The van der Waals surface area contributed by atoms with Crippen molar-refractivity contribution in [3.05, 3.63) is 0 Å². The summed E-state index contributed by atoms with van der Waals surface area (Å²) in [5, 5.41) is 14.7. The summed E-state index contributed by atoms with van der Waals surface area (Å²) in [6, 6.07) is -2.62. The topological polar surface area (TPSA) is 222 Å². The second kappa shape index (κ2) is 16.7. The molecule has 2 rings (SSSR count). The first-order valence-electron chi connectivity index (χ1n) is 13.8. The molecule has 0 unspecified atom stereocenters. The van der Waals surface area contributed by atoms with E-state index >= 15 is 0 Å². The Morgan fingerprint density at radius 1 is 0.711 bits per heavy atom. The summed E-state index contributed by atoms with van der Waals surface area (Å²) < 4.78 is 38.7. The predicted octanol–water partition coefficient (Wildman–Crippen LogP) is -1.83. The summed E-state index contributed by atoms with van der Waals surface area (Å²) in [7, 11) is 1.32. The highest BCUT2D eigenvalue weighted by Gasteiger charge is 2.55. The van der Waals surface area contributed by atoms with E-state index < -0.39 is 114 Å². The molecule has 17 nitrogen and oxygen atoms in total. The van der Waals surface area contributed by atoms with E-state index in [-0.39, 0.29) is 0 Å². The van der Waals surface area contributed by atoms with E-state index in [2.05, 4.69) is 5.32 Å². The minimum atomic E-state index is -1.95. The summed E-state index contributed by atoms with van der Waals surface area (Å²) >= 11 is 0.847. The van der Waals surface area contributed by atoms with Gasteiger partial charge in [0.05, 0.1) is 11.3 Å². The number of nitrogens with one attached hydrogen (secondary N) is 1. The van der Waals surface area contributed by atoms with Crippen molar-refractivity contribution in [2.24, 2.45) is 0 Å². The third-order valence-corrected chi connectivity index (χ3v) is 8.23. The number of carbonyl (C=O) groups excluding carboxylic acids is 7. The zero-order chi connectivity index (χ0) is 34.2. The van der Waals surface area contributed by atoms with E-state index in [9.17, 15) is 38.7 Å². The van der Waals surface area contributed by atoms with Crippen molar-refractivity contribution in [3.8, 4) is 0 Å². The molecular formula is C27H39N2O15S-. The number of hydrogen-bond donors (Lipinski definition) is 1. The van der Waals surface area contributed by atoms with E-state index in [0.29, 0.717) is 0 Å². The van der Waals surface area contributed by atoms with Gasteiger partial charge >= 0.3 is 29.8 Å². The Morgan fingerprint density at radius 3 is 1.67 bits per heavy atom. The lowest BCUT2D eigenvalue weighted by atomic mass is 9.97. The van der Waals surface area contributed by atoms with E-state index in [1.165, 1.54) is 20.9 Å². The van der Waals surface area contributed by atoms with Crippen molar-refractivity contribution < 1.29 is 71.8 Å². The number of thioether (sulfide) groups is 1. The maximum atomic E-state index is 13.2. The van der Waals surface area contributed by atoms with Crippen LogP contribution in [0.2, 0.25) is 0 Å². The lowest BCUT2D eigenvalue weighted by molar-refractivity contribution is -0.518. The van der Waals surface area contributed by atoms with Crippen LogP contribution in [-0.4, -0.2) is 126 Å². The van der Waals surface area contributed by atoms with Gasteiger partial charge < -0.3 is 48.5 Å². The third-order valence-electron chi connectivity index (χ3n) is 6.67. The molecule has 0 aliphatic carbocycles. The lowest BCUT2D eigenvalue weighted by Crippen LogP contribution is -2.69. The summed E-state index contributed by atoms with van der Waals surface area (Å²) in [6.07, 6.45) is -8.58.